The van der Waals surface area contributed by atoms with Crippen molar-refractivity contribution in [1.82, 2.24) is 0 Å². The van der Waals surface area contributed by atoms with Crippen LogP contribution in [0.4, 0.5) is 0 Å². The van der Waals surface area contributed by atoms with Crippen molar-refractivity contribution in [2.45, 2.75) is 11.8 Å². The van der Waals surface area contributed by atoms with E-state index < -0.39 is 15.5 Å². The standard InChI is InChI=1S/C17H14O5S/c1-11-10-14(12-5-7-13(8-6-12)23(2,19)20)16(17(18)22-11)15-4-3-9-21-15/h3-10H,1-2H3. The van der Waals surface area contributed by atoms with Crippen molar-refractivity contribution in [3.63, 3.8) is 0 Å². The van der Waals surface area contributed by atoms with Gasteiger partial charge in [0.25, 0.3) is 0 Å². The lowest BCUT2D eigenvalue weighted by Crippen LogP contribution is -2.06. The number of sulfone groups is 1. The molecule has 2 aromatic heterocycles. The fraction of sp³-hybridized carbons (Fsp3) is 0.118. The molecule has 118 valence electrons. The average molecular weight is 330 g/mol. The van der Waals surface area contributed by atoms with Gasteiger partial charge in [-0.1, -0.05) is 12.1 Å². The highest BCUT2D eigenvalue weighted by Crippen LogP contribution is 2.31. The molecule has 0 spiro atoms. The summed E-state index contributed by atoms with van der Waals surface area (Å²) in [6.07, 6.45) is 2.63. The van der Waals surface area contributed by atoms with Gasteiger partial charge in [0, 0.05) is 11.8 Å². The second-order valence-corrected chi connectivity index (χ2v) is 7.22. The monoisotopic (exact) mass is 330 g/mol. The molecule has 0 radical (unpaired) electrons. The first-order chi connectivity index (χ1) is 10.9. The van der Waals surface area contributed by atoms with E-state index in [4.69, 9.17) is 8.83 Å². The largest absolute Gasteiger partial charge is 0.464 e. The summed E-state index contributed by atoms with van der Waals surface area (Å²) >= 11 is 0. The van der Waals surface area contributed by atoms with Crippen LogP contribution in [-0.4, -0.2) is 14.7 Å². The zero-order valence-corrected chi connectivity index (χ0v) is 13.4. The van der Waals surface area contributed by atoms with Crippen LogP contribution < -0.4 is 5.63 Å². The third-order valence-electron chi connectivity index (χ3n) is 3.44. The van der Waals surface area contributed by atoms with E-state index in [1.807, 2.05) is 0 Å². The van der Waals surface area contributed by atoms with Crippen LogP contribution in [-0.2, 0) is 9.84 Å². The van der Waals surface area contributed by atoms with Gasteiger partial charge in [0.15, 0.2) is 9.84 Å². The van der Waals surface area contributed by atoms with Crippen molar-refractivity contribution in [2.75, 3.05) is 6.26 Å². The van der Waals surface area contributed by atoms with E-state index in [0.29, 0.717) is 28.2 Å². The van der Waals surface area contributed by atoms with E-state index in [0.717, 1.165) is 6.26 Å². The Hall–Kier alpha value is -2.60. The van der Waals surface area contributed by atoms with Gasteiger partial charge in [-0.2, -0.15) is 0 Å². The van der Waals surface area contributed by atoms with E-state index >= 15 is 0 Å². The average Bonchev–Trinajstić information content (AvgIpc) is 2.99. The molecule has 2 heterocycles. The minimum atomic E-state index is -3.27. The number of hydrogen-bond donors (Lipinski definition) is 0. The maximum Gasteiger partial charge on any atom is 0.347 e. The van der Waals surface area contributed by atoms with E-state index in [1.54, 1.807) is 37.3 Å². The van der Waals surface area contributed by atoms with Crippen molar-refractivity contribution >= 4 is 9.84 Å². The van der Waals surface area contributed by atoms with E-state index in [9.17, 15) is 13.2 Å². The van der Waals surface area contributed by atoms with Gasteiger partial charge in [-0.25, -0.2) is 13.2 Å². The molecule has 0 aliphatic carbocycles. The molecule has 3 rings (SSSR count). The molecule has 0 aliphatic heterocycles. The first-order valence-corrected chi connectivity index (χ1v) is 8.74. The Morgan fingerprint density at radius 3 is 2.30 bits per heavy atom. The number of hydrogen-bond acceptors (Lipinski definition) is 5. The first kappa shape index (κ1) is 15.3. The molecule has 0 bridgehead atoms. The SMILES string of the molecule is Cc1cc(-c2ccc(S(C)(=O)=O)cc2)c(-c2ccco2)c(=O)o1. The normalized spacial score (nSPS) is 11.6. The van der Waals surface area contributed by atoms with Crippen LogP contribution in [0.5, 0.6) is 0 Å². The summed E-state index contributed by atoms with van der Waals surface area (Å²) in [5.41, 5.74) is 1.16. The van der Waals surface area contributed by atoms with Crippen LogP contribution in [0.1, 0.15) is 5.76 Å². The molecule has 0 N–H and O–H groups in total. The molecule has 0 saturated heterocycles. The van der Waals surface area contributed by atoms with Crippen molar-refractivity contribution in [3.8, 4) is 22.5 Å². The first-order valence-electron chi connectivity index (χ1n) is 6.85. The Kier molecular flexibility index (Phi) is 3.69. The maximum absolute atomic E-state index is 12.2. The van der Waals surface area contributed by atoms with Gasteiger partial charge in [-0.05, 0) is 42.8 Å². The second kappa shape index (κ2) is 5.55. The van der Waals surface area contributed by atoms with Crippen LogP contribution in [0.3, 0.4) is 0 Å². The van der Waals surface area contributed by atoms with Crippen LogP contribution in [0, 0.1) is 6.92 Å². The third-order valence-corrected chi connectivity index (χ3v) is 4.56. The molecule has 0 fully saturated rings. The van der Waals surface area contributed by atoms with Crippen molar-refractivity contribution in [1.29, 1.82) is 0 Å². The summed E-state index contributed by atoms with van der Waals surface area (Å²) in [5, 5.41) is 0. The van der Waals surface area contributed by atoms with Crippen LogP contribution in [0.25, 0.3) is 22.5 Å². The third kappa shape index (κ3) is 2.98. The predicted octanol–water partition coefficient (Wildman–Crippen LogP) is 3.28. The highest BCUT2D eigenvalue weighted by molar-refractivity contribution is 7.90. The minimum Gasteiger partial charge on any atom is -0.464 e. The Morgan fingerprint density at radius 2 is 1.74 bits per heavy atom. The van der Waals surface area contributed by atoms with Crippen molar-refractivity contribution in [3.05, 3.63) is 64.9 Å². The van der Waals surface area contributed by atoms with Crippen molar-refractivity contribution < 1.29 is 17.3 Å². The fourth-order valence-corrected chi connectivity index (χ4v) is 3.01. The van der Waals surface area contributed by atoms with Gasteiger partial charge in [0.2, 0.25) is 0 Å². The van der Waals surface area contributed by atoms with E-state index in [1.165, 1.54) is 18.4 Å². The zero-order valence-electron chi connectivity index (χ0n) is 12.6. The Bertz CT molecular complexity index is 994. The lowest BCUT2D eigenvalue weighted by Gasteiger charge is -2.08. The molecule has 0 saturated carbocycles. The zero-order chi connectivity index (χ0) is 16.6. The lowest BCUT2D eigenvalue weighted by atomic mass is 10.00. The maximum atomic E-state index is 12.2. The van der Waals surface area contributed by atoms with Gasteiger partial charge in [0.05, 0.1) is 11.2 Å². The minimum absolute atomic E-state index is 0.223. The summed E-state index contributed by atoms with van der Waals surface area (Å²) < 4.78 is 33.6. The van der Waals surface area contributed by atoms with Crippen LogP contribution in [0.2, 0.25) is 0 Å². The number of rotatable bonds is 3. The van der Waals surface area contributed by atoms with Gasteiger partial charge in [0.1, 0.15) is 17.1 Å². The summed E-state index contributed by atoms with van der Waals surface area (Å²) in [6, 6.07) is 11.4. The molecule has 0 atom stereocenters. The number of benzene rings is 1. The number of aryl methyl sites for hydroxylation is 1. The van der Waals surface area contributed by atoms with Gasteiger partial charge >= 0.3 is 5.63 Å². The second-order valence-electron chi connectivity index (χ2n) is 5.21. The molecule has 23 heavy (non-hydrogen) atoms. The van der Waals surface area contributed by atoms with Crippen LogP contribution >= 0.6 is 0 Å². The topological polar surface area (TPSA) is 77.5 Å². The molecule has 0 amide bonds. The lowest BCUT2D eigenvalue weighted by molar-refractivity contribution is 0.479. The fourth-order valence-electron chi connectivity index (χ4n) is 2.38. The van der Waals surface area contributed by atoms with Gasteiger partial charge in [-0.3, -0.25) is 0 Å². The molecule has 0 unspecified atom stereocenters. The molecular formula is C17H14O5S. The molecule has 6 heteroatoms. The molecule has 0 aliphatic rings. The van der Waals surface area contributed by atoms with Gasteiger partial charge in [-0.15, -0.1) is 0 Å². The Balaban J connectivity index is 2.22. The Morgan fingerprint density at radius 1 is 1.04 bits per heavy atom. The highest BCUT2D eigenvalue weighted by atomic mass is 32.2. The van der Waals surface area contributed by atoms with Gasteiger partial charge < -0.3 is 8.83 Å². The van der Waals surface area contributed by atoms with E-state index in [-0.39, 0.29) is 4.90 Å². The van der Waals surface area contributed by atoms with Crippen molar-refractivity contribution in [2.24, 2.45) is 0 Å². The molecule has 3 aromatic rings. The molecule has 1 aromatic carbocycles. The van der Waals surface area contributed by atoms with Crippen LogP contribution in [0.15, 0.2) is 67.3 Å². The highest BCUT2D eigenvalue weighted by Gasteiger charge is 2.17. The molecule has 5 nitrogen and oxygen atoms in total. The summed E-state index contributed by atoms with van der Waals surface area (Å²) in [6.45, 7) is 1.68. The Labute approximate surface area is 133 Å². The predicted molar refractivity (Wildman–Crippen MR) is 86.0 cm³/mol. The number of furan rings is 1. The summed E-state index contributed by atoms with van der Waals surface area (Å²) in [4.78, 5) is 12.5. The molecular weight excluding hydrogens is 316 g/mol. The summed E-state index contributed by atoms with van der Waals surface area (Å²) in [7, 11) is -3.27. The quantitative estimate of drug-likeness (QED) is 0.736. The summed E-state index contributed by atoms with van der Waals surface area (Å²) in [5.74, 6) is 0.869. The van der Waals surface area contributed by atoms with E-state index in [2.05, 4.69) is 0 Å². The smallest absolute Gasteiger partial charge is 0.347 e.